The van der Waals surface area contributed by atoms with Gasteiger partial charge in [0.1, 0.15) is 5.75 Å². The zero-order valence-corrected chi connectivity index (χ0v) is 7.78. The first-order chi connectivity index (χ1) is 6.11. The lowest BCUT2D eigenvalue weighted by Crippen LogP contribution is -2.30. The van der Waals surface area contributed by atoms with Gasteiger partial charge in [0.15, 0.2) is 6.10 Å². The third kappa shape index (κ3) is 2.47. The van der Waals surface area contributed by atoms with Crippen molar-refractivity contribution in [3.63, 3.8) is 0 Å². The molecular weight excluding hydrogens is 166 g/mol. The maximum atomic E-state index is 10.7. The van der Waals surface area contributed by atoms with Gasteiger partial charge in [-0.2, -0.15) is 0 Å². The first-order valence-electron chi connectivity index (χ1n) is 4.13. The van der Waals surface area contributed by atoms with Crippen LogP contribution < -0.4 is 10.5 Å². The second-order valence-electron chi connectivity index (χ2n) is 2.93. The smallest absolute Gasteiger partial charge is 0.258 e. The number of rotatable bonds is 3. The molecule has 0 saturated carbocycles. The van der Waals surface area contributed by atoms with Crippen LogP contribution in [0, 0.1) is 6.92 Å². The van der Waals surface area contributed by atoms with Gasteiger partial charge in [0.05, 0.1) is 0 Å². The molecule has 1 aromatic rings. The van der Waals surface area contributed by atoms with Crippen LogP contribution in [0.3, 0.4) is 0 Å². The second kappa shape index (κ2) is 3.94. The lowest BCUT2D eigenvalue weighted by Gasteiger charge is -2.12. The van der Waals surface area contributed by atoms with E-state index in [4.69, 9.17) is 10.5 Å². The fourth-order valence-electron chi connectivity index (χ4n) is 0.937. The van der Waals surface area contributed by atoms with Crippen LogP contribution in [0.2, 0.25) is 0 Å². The van der Waals surface area contributed by atoms with Crippen LogP contribution in [-0.4, -0.2) is 12.0 Å². The van der Waals surface area contributed by atoms with E-state index in [2.05, 4.69) is 0 Å². The van der Waals surface area contributed by atoms with Gasteiger partial charge in [-0.25, -0.2) is 0 Å². The molecule has 2 N–H and O–H groups in total. The van der Waals surface area contributed by atoms with E-state index in [9.17, 15) is 4.79 Å². The Morgan fingerprint density at radius 2 is 2.08 bits per heavy atom. The molecule has 3 nitrogen and oxygen atoms in total. The molecule has 1 amide bonds. The summed E-state index contributed by atoms with van der Waals surface area (Å²) in [7, 11) is 0. The van der Waals surface area contributed by atoms with Gasteiger partial charge < -0.3 is 10.5 Å². The molecular formula is C10H13NO2. The van der Waals surface area contributed by atoms with Gasteiger partial charge in [-0.05, 0) is 25.5 Å². The number of amides is 1. The van der Waals surface area contributed by atoms with E-state index < -0.39 is 12.0 Å². The minimum atomic E-state index is -0.582. The molecule has 0 heterocycles. The lowest BCUT2D eigenvalue weighted by molar-refractivity contribution is -0.123. The van der Waals surface area contributed by atoms with E-state index in [0.29, 0.717) is 5.75 Å². The SMILES string of the molecule is Cc1ccccc1OC(C)C(N)=O. The number of carbonyl (C=O) groups excluding carboxylic acids is 1. The van der Waals surface area contributed by atoms with Gasteiger partial charge in [-0.3, -0.25) is 4.79 Å². The first kappa shape index (κ1) is 9.58. The van der Waals surface area contributed by atoms with Crippen LogP contribution in [0.15, 0.2) is 24.3 Å². The number of benzene rings is 1. The number of carbonyl (C=O) groups is 1. The number of aryl methyl sites for hydroxylation is 1. The maximum absolute atomic E-state index is 10.7. The van der Waals surface area contributed by atoms with Crippen LogP contribution in [0.1, 0.15) is 12.5 Å². The van der Waals surface area contributed by atoms with Crippen molar-refractivity contribution >= 4 is 5.91 Å². The summed E-state index contributed by atoms with van der Waals surface area (Å²) in [4.78, 5) is 10.7. The standard InChI is InChI=1S/C10H13NO2/c1-7-5-3-4-6-9(7)13-8(2)10(11)12/h3-6,8H,1-2H3,(H2,11,12). The summed E-state index contributed by atoms with van der Waals surface area (Å²) >= 11 is 0. The zero-order chi connectivity index (χ0) is 9.84. The molecule has 0 aliphatic rings. The summed E-state index contributed by atoms with van der Waals surface area (Å²) in [6, 6.07) is 7.50. The van der Waals surface area contributed by atoms with Crippen molar-refractivity contribution in [3.05, 3.63) is 29.8 Å². The summed E-state index contributed by atoms with van der Waals surface area (Å²) < 4.78 is 5.33. The third-order valence-corrected chi connectivity index (χ3v) is 1.80. The molecule has 0 aromatic heterocycles. The molecule has 0 radical (unpaired) electrons. The Morgan fingerprint density at radius 3 is 2.62 bits per heavy atom. The average molecular weight is 179 g/mol. The number of primary amides is 1. The summed E-state index contributed by atoms with van der Waals surface area (Å²) in [6.45, 7) is 3.55. The molecule has 1 aromatic carbocycles. The van der Waals surface area contributed by atoms with Crippen LogP contribution in [0.25, 0.3) is 0 Å². The van der Waals surface area contributed by atoms with E-state index in [-0.39, 0.29) is 0 Å². The van der Waals surface area contributed by atoms with Gasteiger partial charge >= 0.3 is 0 Å². The van der Waals surface area contributed by atoms with Crippen molar-refractivity contribution < 1.29 is 9.53 Å². The predicted octanol–water partition coefficient (Wildman–Crippen LogP) is 1.25. The normalized spacial score (nSPS) is 12.2. The maximum Gasteiger partial charge on any atom is 0.258 e. The number of hydrogen-bond acceptors (Lipinski definition) is 2. The molecule has 3 heteroatoms. The average Bonchev–Trinajstić information content (AvgIpc) is 2.08. The Morgan fingerprint density at radius 1 is 1.46 bits per heavy atom. The molecule has 0 aliphatic heterocycles. The van der Waals surface area contributed by atoms with Gasteiger partial charge in [0, 0.05) is 0 Å². The summed E-state index contributed by atoms with van der Waals surface area (Å²) in [5.74, 6) is 0.247. The molecule has 13 heavy (non-hydrogen) atoms. The van der Waals surface area contributed by atoms with E-state index in [1.165, 1.54) is 0 Å². The fourth-order valence-corrected chi connectivity index (χ4v) is 0.937. The molecule has 0 aliphatic carbocycles. The van der Waals surface area contributed by atoms with Gasteiger partial charge in [0.25, 0.3) is 5.91 Å². The van der Waals surface area contributed by atoms with E-state index in [1.54, 1.807) is 6.92 Å². The molecule has 0 saturated heterocycles. The molecule has 1 unspecified atom stereocenters. The Bertz CT molecular complexity index is 310. The van der Waals surface area contributed by atoms with Crippen molar-refractivity contribution in [2.75, 3.05) is 0 Å². The molecule has 0 bridgehead atoms. The summed E-state index contributed by atoms with van der Waals surface area (Å²) in [5.41, 5.74) is 6.07. The molecule has 0 fully saturated rings. The van der Waals surface area contributed by atoms with Gasteiger partial charge in [-0.1, -0.05) is 18.2 Å². The van der Waals surface area contributed by atoms with Crippen LogP contribution in [-0.2, 0) is 4.79 Å². The highest BCUT2D eigenvalue weighted by Gasteiger charge is 2.10. The quantitative estimate of drug-likeness (QED) is 0.759. The van der Waals surface area contributed by atoms with E-state index >= 15 is 0 Å². The topological polar surface area (TPSA) is 52.3 Å². The minimum Gasteiger partial charge on any atom is -0.481 e. The van der Waals surface area contributed by atoms with Crippen molar-refractivity contribution in [1.82, 2.24) is 0 Å². The Balaban J connectivity index is 2.74. The number of para-hydroxylation sites is 1. The molecule has 0 spiro atoms. The molecule has 1 atom stereocenters. The number of ether oxygens (including phenoxy) is 1. The van der Waals surface area contributed by atoms with Crippen molar-refractivity contribution in [2.45, 2.75) is 20.0 Å². The summed E-state index contributed by atoms with van der Waals surface area (Å²) in [6.07, 6.45) is -0.582. The van der Waals surface area contributed by atoms with Crippen LogP contribution in [0.5, 0.6) is 5.75 Å². The summed E-state index contributed by atoms with van der Waals surface area (Å²) in [5, 5.41) is 0. The third-order valence-electron chi connectivity index (χ3n) is 1.80. The highest BCUT2D eigenvalue weighted by atomic mass is 16.5. The monoisotopic (exact) mass is 179 g/mol. The Kier molecular flexibility index (Phi) is 2.90. The lowest BCUT2D eigenvalue weighted by atomic mass is 10.2. The minimum absolute atomic E-state index is 0.455. The van der Waals surface area contributed by atoms with E-state index in [1.807, 2.05) is 31.2 Å². The Labute approximate surface area is 77.5 Å². The fraction of sp³-hybridized carbons (Fsp3) is 0.300. The van der Waals surface area contributed by atoms with Crippen molar-refractivity contribution in [3.8, 4) is 5.75 Å². The predicted molar refractivity (Wildman–Crippen MR) is 50.5 cm³/mol. The highest BCUT2D eigenvalue weighted by molar-refractivity contribution is 5.78. The Hall–Kier alpha value is -1.51. The van der Waals surface area contributed by atoms with Crippen molar-refractivity contribution in [2.24, 2.45) is 5.73 Å². The van der Waals surface area contributed by atoms with Gasteiger partial charge in [0.2, 0.25) is 0 Å². The zero-order valence-electron chi connectivity index (χ0n) is 7.78. The van der Waals surface area contributed by atoms with Crippen LogP contribution >= 0.6 is 0 Å². The number of nitrogens with two attached hydrogens (primary N) is 1. The molecule has 1 rings (SSSR count). The van der Waals surface area contributed by atoms with Crippen LogP contribution in [0.4, 0.5) is 0 Å². The second-order valence-corrected chi connectivity index (χ2v) is 2.93. The molecule has 70 valence electrons. The van der Waals surface area contributed by atoms with E-state index in [0.717, 1.165) is 5.56 Å². The first-order valence-corrected chi connectivity index (χ1v) is 4.13. The van der Waals surface area contributed by atoms with Gasteiger partial charge in [-0.15, -0.1) is 0 Å². The van der Waals surface area contributed by atoms with Crippen molar-refractivity contribution in [1.29, 1.82) is 0 Å². The highest BCUT2D eigenvalue weighted by Crippen LogP contribution is 2.17. The number of hydrogen-bond donors (Lipinski definition) is 1. The largest absolute Gasteiger partial charge is 0.481 e.